The first-order valence-corrected chi connectivity index (χ1v) is 11.5. The summed E-state index contributed by atoms with van der Waals surface area (Å²) < 4.78 is 11.1. The molecule has 3 aromatic heterocycles. The van der Waals surface area contributed by atoms with Crippen LogP contribution in [0.25, 0.3) is 22.3 Å². The van der Waals surface area contributed by atoms with Crippen LogP contribution in [0.15, 0.2) is 59.4 Å². The fraction of sp³-hybridized carbons (Fsp3) is 0.360. The summed E-state index contributed by atoms with van der Waals surface area (Å²) >= 11 is 0. The van der Waals surface area contributed by atoms with Crippen LogP contribution in [0.3, 0.4) is 0 Å². The monoisotopic (exact) mass is 442 g/mol. The number of ether oxygens (including phenoxy) is 1. The highest BCUT2D eigenvalue weighted by Crippen LogP contribution is 2.33. The highest BCUT2D eigenvalue weighted by Gasteiger charge is 2.31. The second kappa shape index (κ2) is 8.88. The molecule has 1 aromatic carbocycles. The van der Waals surface area contributed by atoms with E-state index >= 15 is 0 Å². The van der Waals surface area contributed by atoms with Gasteiger partial charge in [0.2, 0.25) is 11.7 Å². The average Bonchev–Trinajstić information content (AvgIpc) is 3.54. The lowest BCUT2D eigenvalue weighted by Crippen LogP contribution is -2.36. The van der Waals surface area contributed by atoms with Crippen LogP contribution in [0.4, 0.5) is 5.82 Å². The molecule has 0 N–H and O–H groups in total. The summed E-state index contributed by atoms with van der Waals surface area (Å²) in [6, 6.07) is 14.6. The third-order valence-electron chi connectivity index (χ3n) is 6.46. The van der Waals surface area contributed by atoms with Gasteiger partial charge in [0.05, 0.1) is 24.8 Å². The van der Waals surface area contributed by atoms with Crippen LogP contribution < -0.4 is 4.90 Å². The number of nitrogens with zero attached hydrogens (tertiary/aromatic N) is 6. The Hall–Kier alpha value is -3.36. The van der Waals surface area contributed by atoms with Gasteiger partial charge in [0, 0.05) is 43.0 Å². The minimum absolute atomic E-state index is 0.123. The summed E-state index contributed by atoms with van der Waals surface area (Å²) in [5.41, 5.74) is 3.09. The lowest BCUT2D eigenvalue weighted by atomic mass is 10.1. The van der Waals surface area contributed by atoms with Crippen molar-refractivity contribution in [3.05, 3.63) is 66.3 Å². The van der Waals surface area contributed by atoms with Gasteiger partial charge in [-0.3, -0.25) is 9.88 Å². The Morgan fingerprint density at radius 3 is 2.76 bits per heavy atom. The maximum absolute atomic E-state index is 5.71. The van der Waals surface area contributed by atoms with Crippen LogP contribution >= 0.6 is 0 Å². The second-order valence-electron chi connectivity index (χ2n) is 8.63. The lowest BCUT2D eigenvalue weighted by molar-refractivity contribution is 0.122. The Bertz CT molecular complexity index is 1240. The molecule has 168 valence electrons. The van der Waals surface area contributed by atoms with E-state index in [1.807, 2.05) is 36.7 Å². The van der Waals surface area contributed by atoms with E-state index in [2.05, 4.69) is 43.1 Å². The highest BCUT2D eigenvalue weighted by atomic mass is 16.5. The maximum atomic E-state index is 5.71. The van der Waals surface area contributed by atoms with E-state index in [1.54, 1.807) is 0 Å². The minimum atomic E-state index is 0.123. The van der Waals surface area contributed by atoms with Crippen molar-refractivity contribution in [3.8, 4) is 11.4 Å². The predicted octanol–water partition coefficient (Wildman–Crippen LogP) is 3.85. The van der Waals surface area contributed by atoms with E-state index in [1.165, 1.54) is 10.9 Å². The molecule has 0 aliphatic carbocycles. The SMILES string of the molecule is c1ccc2ncc(CN3CCCC3c3nc(-c4ccc(N5CCOCC5)nc4)no3)cc2c1. The van der Waals surface area contributed by atoms with E-state index in [0.29, 0.717) is 11.7 Å². The Kier molecular flexibility index (Phi) is 5.45. The fourth-order valence-electron chi connectivity index (χ4n) is 4.72. The number of pyridine rings is 2. The molecule has 0 amide bonds. The van der Waals surface area contributed by atoms with Crippen LogP contribution in [-0.2, 0) is 11.3 Å². The smallest absolute Gasteiger partial charge is 0.244 e. The van der Waals surface area contributed by atoms with E-state index in [0.717, 1.165) is 69.1 Å². The Balaban J connectivity index is 1.17. The molecular weight excluding hydrogens is 416 g/mol. The Morgan fingerprint density at radius 2 is 1.88 bits per heavy atom. The van der Waals surface area contributed by atoms with Gasteiger partial charge in [0.1, 0.15) is 5.82 Å². The number of aromatic nitrogens is 4. The van der Waals surface area contributed by atoms with Crippen molar-refractivity contribution in [2.24, 2.45) is 0 Å². The van der Waals surface area contributed by atoms with Gasteiger partial charge in [-0.25, -0.2) is 4.98 Å². The quantitative estimate of drug-likeness (QED) is 0.461. The van der Waals surface area contributed by atoms with Gasteiger partial charge >= 0.3 is 0 Å². The first kappa shape index (κ1) is 20.3. The molecule has 1 unspecified atom stereocenters. The molecular formula is C25H26N6O2. The van der Waals surface area contributed by atoms with Crippen molar-refractivity contribution >= 4 is 16.7 Å². The standard InChI is InChI=1S/C25H26N6O2/c1-2-5-21-19(4-1)14-18(15-26-21)17-31-9-3-6-22(31)25-28-24(29-33-25)20-7-8-23(27-16-20)30-10-12-32-13-11-30/h1-2,4-5,7-8,14-16,22H,3,6,9-13,17H2. The molecule has 4 aromatic rings. The topological polar surface area (TPSA) is 80.4 Å². The summed E-state index contributed by atoms with van der Waals surface area (Å²) in [6.07, 6.45) is 5.92. The predicted molar refractivity (Wildman–Crippen MR) is 125 cm³/mol. The van der Waals surface area contributed by atoms with Gasteiger partial charge in [-0.2, -0.15) is 4.98 Å². The summed E-state index contributed by atoms with van der Waals surface area (Å²) in [5, 5.41) is 5.42. The molecule has 2 aliphatic heterocycles. The van der Waals surface area contributed by atoms with E-state index < -0.39 is 0 Å². The number of para-hydroxylation sites is 1. The van der Waals surface area contributed by atoms with E-state index in [4.69, 9.17) is 14.2 Å². The fourth-order valence-corrected chi connectivity index (χ4v) is 4.72. The third kappa shape index (κ3) is 4.19. The molecule has 0 saturated carbocycles. The number of likely N-dealkylation sites (tertiary alicyclic amines) is 1. The molecule has 0 radical (unpaired) electrons. The van der Waals surface area contributed by atoms with Crippen molar-refractivity contribution in [2.45, 2.75) is 25.4 Å². The zero-order valence-electron chi connectivity index (χ0n) is 18.4. The van der Waals surface area contributed by atoms with Gasteiger partial charge in [0.15, 0.2) is 0 Å². The minimum Gasteiger partial charge on any atom is -0.378 e. The van der Waals surface area contributed by atoms with E-state index in [9.17, 15) is 0 Å². The Labute approximate surface area is 192 Å². The van der Waals surface area contributed by atoms with Crippen molar-refractivity contribution in [3.63, 3.8) is 0 Å². The third-order valence-corrected chi connectivity index (χ3v) is 6.46. The maximum Gasteiger partial charge on any atom is 0.244 e. The largest absolute Gasteiger partial charge is 0.378 e. The number of fused-ring (bicyclic) bond motifs is 1. The molecule has 2 saturated heterocycles. The van der Waals surface area contributed by atoms with Crippen LogP contribution in [0, 0.1) is 0 Å². The van der Waals surface area contributed by atoms with Crippen LogP contribution in [0.5, 0.6) is 0 Å². The zero-order valence-corrected chi connectivity index (χ0v) is 18.4. The number of anilines is 1. The van der Waals surface area contributed by atoms with Crippen molar-refractivity contribution in [1.29, 1.82) is 0 Å². The van der Waals surface area contributed by atoms with E-state index in [-0.39, 0.29) is 6.04 Å². The summed E-state index contributed by atoms with van der Waals surface area (Å²) in [5.74, 6) is 2.22. The van der Waals surface area contributed by atoms with Crippen LogP contribution in [0.2, 0.25) is 0 Å². The zero-order chi connectivity index (χ0) is 22.0. The van der Waals surface area contributed by atoms with Gasteiger partial charge in [0.25, 0.3) is 0 Å². The molecule has 33 heavy (non-hydrogen) atoms. The number of hydrogen-bond acceptors (Lipinski definition) is 8. The molecule has 8 heteroatoms. The molecule has 0 spiro atoms. The number of rotatable bonds is 5. The molecule has 2 aliphatic rings. The van der Waals surface area contributed by atoms with Crippen molar-refractivity contribution in [1.82, 2.24) is 25.0 Å². The number of hydrogen-bond donors (Lipinski definition) is 0. The second-order valence-corrected chi connectivity index (χ2v) is 8.63. The molecule has 5 heterocycles. The van der Waals surface area contributed by atoms with Crippen LogP contribution in [-0.4, -0.2) is 57.9 Å². The van der Waals surface area contributed by atoms with Crippen molar-refractivity contribution < 1.29 is 9.26 Å². The Morgan fingerprint density at radius 1 is 0.970 bits per heavy atom. The first-order valence-electron chi connectivity index (χ1n) is 11.5. The normalized spacial score (nSPS) is 19.4. The summed E-state index contributed by atoms with van der Waals surface area (Å²) in [6.45, 7) is 5.03. The number of morpholine rings is 1. The van der Waals surface area contributed by atoms with Gasteiger partial charge in [-0.1, -0.05) is 23.4 Å². The highest BCUT2D eigenvalue weighted by molar-refractivity contribution is 5.78. The molecule has 1 atom stereocenters. The first-order chi connectivity index (χ1) is 16.3. The molecule has 2 fully saturated rings. The van der Waals surface area contributed by atoms with Gasteiger partial charge < -0.3 is 14.2 Å². The average molecular weight is 443 g/mol. The number of benzene rings is 1. The molecule has 6 rings (SSSR count). The van der Waals surface area contributed by atoms with Gasteiger partial charge in [-0.05, 0) is 49.2 Å². The summed E-state index contributed by atoms with van der Waals surface area (Å²) in [4.78, 5) is 18.6. The summed E-state index contributed by atoms with van der Waals surface area (Å²) in [7, 11) is 0. The van der Waals surface area contributed by atoms with Crippen LogP contribution in [0.1, 0.15) is 30.3 Å². The molecule has 8 nitrogen and oxygen atoms in total. The lowest BCUT2D eigenvalue weighted by Gasteiger charge is -2.27. The molecule has 0 bridgehead atoms. The van der Waals surface area contributed by atoms with Gasteiger partial charge in [-0.15, -0.1) is 0 Å². The van der Waals surface area contributed by atoms with Crippen molar-refractivity contribution in [2.75, 3.05) is 37.7 Å².